The minimum absolute atomic E-state index is 0.102. The molecule has 2 fully saturated rings. The van der Waals surface area contributed by atoms with Crippen molar-refractivity contribution in [3.63, 3.8) is 0 Å². The highest BCUT2D eigenvalue weighted by molar-refractivity contribution is 5.97. The zero-order valence-corrected chi connectivity index (χ0v) is 11.1. The highest BCUT2D eigenvalue weighted by Gasteiger charge is 2.38. The molecule has 0 saturated carbocycles. The van der Waals surface area contributed by atoms with Gasteiger partial charge in [0.1, 0.15) is 6.10 Å². The number of esters is 1. The molecule has 8 heteroatoms. The van der Waals surface area contributed by atoms with Crippen LogP contribution in [0.4, 0.5) is 6.01 Å². The lowest BCUT2D eigenvalue weighted by Crippen LogP contribution is -2.26. The summed E-state index contributed by atoms with van der Waals surface area (Å²) in [5.41, 5.74) is 0. The predicted octanol–water partition coefficient (Wildman–Crippen LogP) is 0.447. The Morgan fingerprint density at radius 2 is 2.30 bits per heavy atom. The molecule has 8 nitrogen and oxygen atoms in total. The number of aromatic nitrogens is 2. The van der Waals surface area contributed by atoms with E-state index >= 15 is 0 Å². The molecular formula is C12H15N3O5. The summed E-state index contributed by atoms with van der Waals surface area (Å²) in [6.07, 6.45) is 1.70. The molecular weight excluding hydrogens is 266 g/mol. The maximum Gasteiger partial charge on any atom is 0.325 e. The molecule has 0 spiro atoms. The van der Waals surface area contributed by atoms with Crippen LogP contribution >= 0.6 is 0 Å². The van der Waals surface area contributed by atoms with Crippen molar-refractivity contribution < 1.29 is 23.5 Å². The number of amides is 1. The number of hydrogen-bond donors (Lipinski definition) is 0. The van der Waals surface area contributed by atoms with Gasteiger partial charge in [0.25, 0.3) is 0 Å². The summed E-state index contributed by atoms with van der Waals surface area (Å²) in [4.78, 5) is 24.7. The SMILES string of the molecule is COC(=O)C1CC(=O)N(c2nnc(C3CCCO3)o2)C1. The fourth-order valence-corrected chi connectivity index (χ4v) is 2.46. The smallest absolute Gasteiger partial charge is 0.325 e. The Morgan fingerprint density at radius 1 is 1.45 bits per heavy atom. The Kier molecular flexibility index (Phi) is 3.39. The quantitative estimate of drug-likeness (QED) is 0.742. The summed E-state index contributed by atoms with van der Waals surface area (Å²) in [5.74, 6) is -0.722. The maximum atomic E-state index is 11.9. The highest BCUT2D eigenvalue weighted by atomic mass is 16.5. The van der Waals surface area contributed by atoms with Gasteiger partial charge in [0.05, 0.1) is 13.0 Å². The van der Waals surface area contributed by atoms with Crippen LogP contribution in [0.2, 0.25) is 0 Å². The van der Waals surface area contributed by atoms with Crippen LogP contribution in [-0.4, -0.2) is 42.3 Å². The van der Waals surface area contributed by atoms with E-state index in [1.54, 1.807) is 0 Å². The van der Waals surface area contributed by atoms with E-state index in [1.165, 1.54) is 12.0 Å². The van der Waals surface area contributed by atoms with E-state index in [-0.39, 0.29) is 31.0 Å². The van der Waals surface area contributed by atoms with Gasteiger partial charge in [-0.05, 0) is 12.8 Å². The fraction of sp³-hybridized carbons (Fsp3) is 0.667. The maximum absolute atomic E-state index is 11.9. The summed E-state index contributed by atoms with van der Waals surface area (Å²) in [6.45, 7) is 0.883. The van der Waals surface area contributed by atoms with Crippen LogP contribution in [0.1, 0.15) is 31.3 Å². The lowest BCUT2D eigenvalue weighted by molar-refractivity contribution is -0.145. The summed E-state index contributed by atoms with van der Waals surface area (Å²) >= 11 is 0. The van der Waals surface area contributed by atoms with Crippen molar-refractivity contribution in [2.75, 3.05) is 25.2 Å². The number of nitrogens with zero attached hydrogens (tertiary/aromatic N) is 3. The number of ether oxygens (including phenoxy) is 2. The first-order valence-electron chi connectivity index (χ1n) is 6.52. The Balaban J connectivity index is 1.73. The molecule has 0 aliphatic carbocycles. The molecule has 0 bridgehead atoms. The third-order valence-corrected chi connectivity index (χ3v) is 3.53. The molecule has 2 aliphatic rings. The molecule has 0 N–H and O–H groups in total. The molecule has 0 aromatic carbocycles. The largest absolute Gasteiger partial charge is 0.469 e. The Bertz CT molecular complexity index is 523. The number of methoxy groups -OCH3 is 1. The summed E-state index contributed by atoms with van der Waals surface area (Å²) in [5, 5.41) is 7.78. The summed E-state index contributed by atoms with van der Waals surface area (Å²) in [6, 6.07) is 0.118. The van der Waals surface area contributed by atoms with Gasteiger partial charge in [-0.3, -0.25) is 14.5 Å². The Morgan fingerprint density at radius 3 is 3.00 bits per heavy atom. The van der Waals surface area contributed by atoms with E-state index in [0.717, 1.165) is 12.8 Å². The zero-order valence-electron chi connectivity index (χ0n) is 11.1. The average molecular weight is 281 g/mol. The van der Waals surface area contributed by atoms with Gasteiger partial charge in [0, 0.05) is 19.6 Å². The van der Waals surface area contributed by atoms with Gasteiger partial charge < -0.3 is 13.9 Å². The first kappa shape index (κ1) is 13.0. The van der Waals surface area contributed by atoms with Crippen LogP contribution in [0.25, 0.3) is 0 Å². The first-order chi connectivity index (χ1) is 9.69. The second kappa shape index (κ2) is 5.20. The van der Waals surface area contributed by atoms with Gasteiger partial charge in [-0.15, -0.1) is 5.10 Å². The Labute approximate surface area is 115 Å². The van der Waals surface area contributed by atoms with Gasteiger partial charge in [-0.1, -0.05) is 5.10 Å². The lowest BCUT2D eigenvalue weighted by atomic mass is 10.1. The lowest BCUT2D eigenvalue weighted by Gasteiger charge is -2.10. The molecule has 0 radical (unpaired) electrons. The van der Waals surface area contributed by atoms with Crippen molar-refractivity contribution in [3.8, 4) is 0 Å². The van der Waals surface area contributed by atoms with Crippen molar-refractivity contribution >= 4 is 17.9 Å². The van der Waals surface area contributed by atoms with Crippen LogP contribution < -0.4 is 4.90 Å². The molecule has 108 valence electrons. The van der Waals surface area contributed by atoms with Gasteiger partial charge in [0.2, 0.25) is 11.8 Å². The second-order valence-corrected chi connectivity index (χ2v) is 4.85. The molecule has 2 unspecified atom stereocenters. The van der Waals surface area contributed by atoms with Crippen molar-refractivity contribution in [1.29, 1.82) is 0 Å². The molecule has 2 aliphatic heterocycles. The first-order valence-corrected chi connectivity index (χ1v) is 6.52. The van der Waals surface area contributed by atoms with Crippen molar-refractivity contribution in [2.45, 2.75) is 25.4 Å². The van der Waals surface area contributed by atoms with Gasteiger partial charge in [-0.2, -0.15) is 0 Å². The molecule has 3 heterocycles. The van der Waals surface area contributed by atoms with Crippen LogP contribution in [0.5, 0.6) is 0 Å². The monoisotopic (exact) mass is 281 g/mol. The molecule has 20 heavy (non-hydrogen) atoms. The third-order valence-electron chi connectivity index (χ3n) is 3.53. The van der Waals surface area contributed by atoms with Crippen LogP contribution in [-0.2, 0) is 19.1 Å². The molecule has 1 amide bonds. The van der Waals surface area contributed by atoms with Crippen molar-refractivity contribution in [1.82, 2.24) is 10.2 Å². The molecule has 2 atom stereocenters. The molecule has 3 rings (SSSR count). The third kappa shape index (κ3) is 2.26. The predicted molar refractivity (Wildman–Crippen MR) is 64.7 cm³/mol. The zero-order chi connectivity index (χ0) is 14.1. The van der Waals surface area contributed by atoms with E-state index in [2.05, 4.69) is 14.9 Å². The van der Waals surface area contributed by atoms with Crippen LogP contribution in [0.15, 0.2) is 4.42 Å². The molecule has 1 aromatic rings. The van der Waals surface area contributed by atoms with Crippen molar-refractivity contribution in [2.24, 2.45) is 5.92 Å². The van der Waals surface area contributed by atoms with E-state index < -0.39 is 11.9 Å². The number of carbonyl (C=O) groups is 2. The topological polar surface area (TPSA) is 94.8 Å². The van der Waals surface area contributed by atoms with Crippen LogP contribution in [0.3, 0.4) is 0 Å². The summed E-state index contributed by atoms with van der Waals surface area (Å²) < 4.78 is 15.6. The number of carbonyl (C=O) groups excluding carboxylic acids is 2. The summed E-state index contributed by atoms with van der Waals surface area (Å²) in [7, 11) is 1.30. The van der Waals surface area contributed by atoms with E-state index in [9.17, 15) is 9.59 Å². The fourth-order valence-electron chi connectivity index (χ4n) is 2.46. The molecule has 2 saturated heterocycles. The number of rotatable bonds is 3. The molecule has 1 aromatic heterocycles. The number of anilines is 1. The number of hydrogen-bond acceptors (Lipinski definition) is 7. The van der Waals surface area contributed by atoms with Gasteiger partial charge in [-0.25, -0.2) is 0 Å². The van der Waals surface area contributed by atoms with E-state index in [0.29, 0.717) is 12.5 Å². The minimum Gasteiger partial charge on any atom is -0.469 e. The highest BCUT2D eigenvalue weighted by Crippen LogP contribution is 2.31. The minimum atomic E-state index is -0.481. The Hall–Kier alpha value is -1.96. The van der Waals surface area contributed by atoms with Crippen LogP contribution in [0, 0.1) is 5.92 Å². The normalized spacial score (nSPS) is 26.2. The average Bonchev–Trinajstić information content (AvgIpc) is 3.16. The van der Waals surface area contributed by atoms with Gasteiger partial charge >= 0.3 is 12.0 Å². The van der Waals surface area contributed by atoms with E-state index in [4.69, 9.17) is 9.15 Å². The standard InChI is InChI=1S/C12H15N3O5/c1-18-11(17)7-5-9(16)15(6-7)12-14-13-10(20-12)8-3-2-4-19-8/h7-8H,2-6H2,1H3. The van der Waals surface area contributed by atoms with E-state index in [1.807, 2.05) is 0 Å². The van der Waals surface area contributed by atoms with Crippen molar-refractivity contribution in [3.05, 3.63) is 5.89 Å². The van der Waals surface area contributed by atoms with Gasteiger partial charge in [0.15, 0.2) is 0 Å². The second-order valence-electron chi connectivity index (χ2n) is 4.85.